The summed E-state index contributed by atoms with van der Waals surface area (Å²) in [6, 6.07) is 10.6. The van der Waals surface area contributed by atoms with Crippen LogP contribution in [0, 0.1) is 0 Å². The lowest BCUT2D eigenvalue weighted by atomic mass is 10.1. The van der Waals surface area contributed by atoms with Crippen molar-refractivity contribution in [3.8, 4) is 0 Å². The van der Waals surface area contributed by atoms with E-state index in [0.717, 1.165) is 5.82 Å². The monoisotopic (exact) mass is 249 g/mol. The van der Waals surface area contributed by atoms with Crippen LogP contribution in [0.3, 0.4) is 0 Å². The van der Waals surface area contributed by atoms with Gasteiger partial charge in [0.25, 0.3) is 0 Å². The fraction of sp³-hybridized carbons (Fsp3) is 0.308. The Morgan fingerprint density at radius 1 is 1.35 bits per heavy atom. The van der Waals surface area contributed by atoms with Crippen LogP contribution < -0.4 is 5.32 Å². The first-order valence-corrected chi connectivity index (χ1v) is 6.00. The van der Waals surface area contributed by atoms with Gasteiger partial charge in [0.05, 0.1) is 12.7 Å². The molecule has 0 aliphatic carbocycles. The minimum Gasteiger partial charge on any atom is -0.321 e. The molecule has 1 aromatic carbocycles. The average Bonchev–Trinajstić information content (AvgIpc) is 2.68. The van der Waals surface area contributed by atoms with E-state index in [2.05, 4.69) is 29.4 Å². The normalized spacial score (nSPS) is 12.6. The highest BCUT2D eigenvalue weighted by molar-refractivity contribution is 6.29. The summed E-state index contributed by atoms with van der Waals surface area (Å²) < 4.78 is 1.88. The van der Waals surface area contributed by atoms with Crippen LogP contribution >= 0.6 is 11.6 Å². The Labute approximate surface area is 106 Å². The smallest absolute Gasteiger partial charge is 0.128 e. The lowest BCUT2D eigenvalue weighted by Gasteiger charge is -2.13. The molecule has 0 radical (unpaired) electrons. The maximum absolute atomic E-state index is 5.93. The lowest BCUT2D eigenvalue weighted by Crippen LogP contribution is -2.20. The zero-order valence-corrected chi connectivity index (χ0v) is 10.8. The molecule has 0 unspecified atom stereocenters. The molecule has 0 aliphatic rings. The van der Waals surface area contributed by atoms with E-state index in [0.29, 0.717) is 17.7 Å². The second-order valence-electron chi connectivity index (χ2n) is 4.07. The molecule has 2 aromatic rings. The minimum atomic E-state index is 0.298. The zero-order chi connectivity index (χ0) is 12.3. The molecule has 1 heterocycles. The third-order valence-electron chi connectivity index (χ3n) is 2.89. The van der Waals surface area contributed by atoms with Crippen LogP contribution in [0.15, 0.2) is 36.5 Å². The molecule has 1 aromatic heterocycles. The summed E-state index contributed by atoms with van der Waals surface area (Å²) in [5, 5.41) is 4.09. The summed E-state index contributed by atoms with van der Waals surface area (Å²) in [4.78, 5) is 4.25. The topological polar surface area (TPSA) is 29.9 Å². The van der Waals surface area contributed by atoms with E-state index in [9.17, 15) is 0 Å². The third-order valence-corrected chi connectivity index (χ3v) is 3.24. The van der Waals surface area contributed by atoms with Crippen molar-refractivity contribution in [3.63, 3.8) is 0 Å². The van der Waals surface area contributed by atoms with Crippen molar-refractivity contribution in [1.29, 1.82) is 0 Å². The van der Waals surface area contributed by atoms with Crippen molar-refractivity contribution in [2.24, 2.45) is 7.05 Å². The summed E-state index contributed by atoms with van der Waals surface area (Å²) in [6.07, 6.45) is 1.67. The highest BCUT2D eigenvalue weighted by Crippen LogP contribution is 2.13. The van der Waals surface area contributed by atoms with Crippen LogP contribution in [0.2, 0.25) is 5.15 Å². The Balaban J connectivity index is 1.97. The van der Waals surface area contributed by atoms with Crippen molar-refractivity contribution in [1.82, 2.24) is 14.9 Å². The largest absolute Gasteiger partial charge is 0.321 e. The number of halogens is 1. The Morgan fingerprint density at radius 3 is 2.65 bits per heavy atom. The molecule has 1 N–H and O–H groups in total. The van der Waals surface area contributed by atoms with E-state index in [-0.39, 0.29) is 0 Å². The number of nitrogens with zero attached hydrogens (tertiary/aromatic N) is 2. The van der Waals surface area contributed by atoms with Gasteiger partial charge in [0.15, 0.2) is 0 Å². The fourth-order valence-corrected chi connectivity index (χ4v) is 1.84. The van der Waals surface area contributed by atoms with Crippen molar-refractivity contribution >= 4 is 11.6 Å². The maximum Gasteiger partial charge on any atom is 0.128 e. The van der Waals surface area contributed by atoms with Gasteiger partial charge in [0.2, 0.25) is 0 Å². The van der Waals surface area contributed by atoms with Crippen LogP contribution in [0.4, 0.5) is 0 Å². The van der Waals surface area contributed by atoms with Gasteiger partial charge >= 0.3 is 0 Å². The molecule has 0 aliphatic heterocycles. The summed E-state index contributed by atoms with van der Waals surface area (Å²) >= 11 is 5.93. The van der Waals surface area contributed by atoms with E-state index in [4.69, 9.17) is 11.6 Å². The van der Waals surface area contributed by atoms with Gasteiger partial charge in [-0.25, -0.2) is 4.98 Å². The van der Waals surface area contributed by atoms with E-state index < -0.39 is 0 Å². The van der Waals surface area contributed by atoms with Crippen LogP contribution in [-0.4, -0.2) is 9.55 Å². The maximum atomic E-state index is 5.93. The highest BCUT2D eigenvalue weighted by Gasteiger charge is 2.07. The standard InChI is InChI=1S/C13H16ClN3/c1-10(11-6-4-3-5-7-11)15-9-13-16-8-12(14)17(13)2/h3-8,10,15H,9H2,1-2H3/t10-/m0/s1. The Bertz CT molecular complexity index is 479. The van der Waals surface area contributed by atoms with Gasteiger partial charge in [0.1, 0.15) is 11.0 Å². The summed E-state index contributed by atoms with van der Waals surface area (Å²) in [5.74, 6) is 0.942. The molecule has 0 saturated carbocycles. The Kier molecular flexibility index (Phi) is 3.82. The quantitative estimate of drug-likeness (QED) is 0.903. The van der Waals surface area contributed by atoms with Gasteiger partial charge < -0.3 is 9.88 Å². The Morgan fingerprint density at radius 2 is 2.06 bits per heavy atom. The van der Waals surface area contributed by atoms with Gasteiger partial charge in [-0.2, -0.15) is 0 Å². The van der Waals surface area contributed by atoms with Gasteiger partial charge in [-0.15, -0.1) is 0 Å². The number of benzene rings is 1. The summed E-state index contributed by atoms with van der Waals surface area (Å²) in [7, 11) is 1.92. The second kappa shape index (κ2) is 5.34. The van der Waals surface area contributed by atoms with Crippen molar-refractivity contribution in [2.75, 3.05) is 0 Å². The molecule has 4 heteroatoms. The molecule has 0 spiro atoms. The molecule has 2 rings (SSSR count). The number of nitrogens with one attached hydrogen (secondary N) is 1. The SMILES string of the molecule is C[C@H](NCc1ncc(Cl)n1C)c1ccccc1. The first-order chi connectivity index (χ1) is 8.18. The highest BCUT2D eigenvalue weighted by atomic mass is 35.5. The number of rotatable bonds is 4. The molecule has 0 bridgehead atoms. The summed E-state index contributed by atoms with van der Waals surface area (Å²) in [5.41, 5.74) is 1.27. The number of imidazole rings is 1. The van der Waals surface area contributed by atoms with Gasteiger partial charge in [-0.1, -0.05) is 41.9 Å². The zero-order valence-electron chi connectivity index (χ0n) is 10.0. The van der Waals surface area contributed by atoms with Crippen molar-refractivity contribution in [3.05, 3.63) is 53.1 Å². The molecular weight excluding hydrogens is 234 g/mol. The molecule has 0 saturated heterocycles. The van der Waals surface area contributed by atoms with Crippen LogP contribution in [0.25, 0.3) is 0 Å². The first kappa shape index (κ1) is 12.1. The average molecular weight is 250 g/mol. The van der Waals surface area contributed by atoms with Crippen LogP contribution in [0.5, 0.6) is 0 Å². The molecule has 0 fully saturated rings. The molecule has 90 valence electrons. The minimum absolute atomic E-state index is 0.298. The molecule has 1 atom stereocenters. The lowest BCUT2D eigenvalue weighted by molar-refractivity contribution is 0.549. The van der Waals surface area contributed by atoms with Gasteiger partial charge in [0, 0.05) is 13.1 Å². The predicted molar refractivity (Wildman–Crippen MR) is 69.9 cm³/mol. The van der Waals surface area contributed by atoms with E-state index in [1.54, 1.807) is 6.20 Å². The summed E-state index contributed by atoms with van der Waals surface area (Å²) in [6.45, 7) is 2.85. The molecular formula is C13H16ClN3. The van der Waals surface area contributed by atoms with Gasteiger partial charge in [-0.3, -0.25) is 0 Å². The number of hydrogen-bond donors (Lipinski definition) is 1. The third kappa shape index (κ3) is 2.87. The number of hydrogen-bond acceptors (Lipinski definition) is 2. The number of aromatic nitrogens is 2. The Hall–Kier alpha value is -1.32. The van der Waals surface area contributed by atoms with Crippen molar-refractivity contribution in [2.45, 2.75) is 19.5 Å². The van der Waals surface area contributed by atoms with E-state index in [1.165, 1.54) is 5.56 Å². The van der Waals surface area contributed by atoms with Crippen LogP contribution in [-0.2, 0) is 13.6 Å². The van der Waals surface area contributed by atoms with Crippen LogP contribution in [0.1, 0.15) is 24.4 Å². The van der Waals surface area contributed by atoms with E-state index in [1.807, 2.05) is 29.8 Å². The second-order valence-corrected chi connectivity index (χ2v) is 4.46. The van der Waals surface area contributed by atoms with Gasteiger partial charge in [-0.05, 0) is 12.5 Å². The molecule has 0 amide bonds. The molecule has 17 heavy (non-hydrogen) atoms. The van der Waals surface area contributed by atoms with Crippen molar-refractivity contribution < 1.29 is 0 Å². The fourth-order valence-electron chi connectivity index (χ4n) is 1.69. The molecule has 3 nitrogen and oxygen atoms in total. The first-order valence-electron chi connectivity index (χ1n) is 5.63. The van der Waals surface area contributed by atoms with E-state index >= 15 is 0 Å². The predicted octanol–water partition coefficient (Wildman–Crippen LogP) is 2.92.